The molecule has 9 heteroatoms. The summed E-state index contributed by atoms with van der Waals surface area (Å²) in [4.78, 5) is 37.6. The summed E-state index contributed by atoms with van der Waals surface area (Å²) < 4.78 is 16.5. The first-order chi connectivity index (χ1) is 21.9. The first kappa shape index (κ1) is 36.7. The Morgan fingerprint density at radius 3 is 2.22 bits per heavy atom. The second-order valence-electron chi connectivity index (χ2n) is 12.6. The fourth-order valence-corrected chi connectivity index (χ4v) is 5.54. The van der Waals surface area contributed by atoms with E-state index in [1.165, 1.54) is 29.8 Å². The number of Topliss-reactive ketones (excluding diaryl/α,β-unsaturated/α-hetero) is 1. The van der Waals surface area contributed by atoms with Crippen LogP contribution in [0.1, 0.15) is 119 Å². The molecule has 0 aliphatic heterocycles. The van der Waals surface area contributed by atoms with Gasteiger partial charge in [0, 0.05) is 49.7 Å². The van der Waals surface area contributed by atoms with E-state index in [-0.39, 0.29) is 18.1 Å². The van der Waals surface area contributed by atoms with Crippen LogP contribution in [0.2, 0.25) is 0 Å². The van der Waals surface area contributed by atoms with Gasteiger partial charge in [-0.25, -0.2) is 9.97 Å². The van der Waals surface area contributed by atoms with Gasteiger partial charge in [0.15, 0.2) is 0 Å². The highest BCUT2D eigenvalue weighted by Gasteiger charge is 2.17. The molecule has 0 aromatic carbocycles. The van der Waals surface area contributed by atoms with Crippen LogP contribution in [0.4, 0.5) is 0 Å². The predicted octanol–water partition coefficient (Wildman–Crippen LogP) is 6.49. The minimum Gasteiger partial charge on any atom is -0.481 e. The third-order valence-corrected chi connectivity index (χ3v) is 8.33. The number of fused-ring (bicyclic) bond motifs is 1. The fourth-order valence-electron chi connectivity index (χ4n) is 5.54. The van der Waals surface area contributed by atoms with Crippen molar-refractivity contribution in [3.05, 3.63) is 52.9 Å². The standard InChI is InChI=1S/C36H55N3O6/c1-28(2)17-19-43-21-23-45-24-22-44-20-18-33(40)15-16-35-37-26-31(27-38-35)30(25-36(41)42)10-5-3-4-6-11-32-14-13-29-9-7-8-12-34(29)39-32/h13-14,26-28,30H,3-12,15-25H2,1-2H3,(H,41,42)/t30-/m0/s1. The Labute approximate surface area is 269 Å². The Kier molecular flexibility index (Phi) is 17.9. The number of aromatic nitrogens is 3. The van der Waals surface area contributed by atoms with E-state index in [0.29, 0.717) is 64.0 Å². The summed E-state index contributed by atoms with van der Waals surface area (Å²) >= 11 is 0. The summed E-state index contributed by atoms with van der Waals surface area (Å²) in [5.74, 6) is 0.421. The summed E-state index contributed by atoms with van der Waals surface area (Å²) in [5.41, 5.74) is 4.77. The summed E-state index contributed by atoms with van der Waals surface area (Å²) in [5, 5.41) is 9.47. The van der Waals surface area contributed by atoms with Crippen molar-refractivity contribution in [3.63, 3.8) is 0 Å². The molecule has 0 unspecified atom stereocenters. The Morgan fingerprint density at radius 1 is 0.800 bits per heavy atom. The molecule has 1 atom stereocenters. The summed E-state index contributed by atoms with van der Waals surface area (Å²) in [7, 11) is 0. The van der Waals surface area contributed by atoms with Gasteiger partial charge in [-0.2, -0.15) is 0 Å². The van der Waals surface area contributed by atoms with Gasteiger partial charge >= 0.3 is 5.97 Å². The molecule has 9 nitrogen and oxygen atoms in total. The molecular weight excluding hydrogens is 570 g/mol. The van der Waals surface area contributed by atoms with E-state index >= 15 is 0 Å². The van der Waals surface area contributed by atoms with Gasteiger partial charge in [0.05, 0.1) is 39.5 Å². The van der Waals surface area contributed by atoms with Crippen molar-refractivity contribution in [1.29, 1.82) is 0 Å². The van der Waals surface area contributed by atoms with E-state index in [0.717, 1.165) is 70.0 Å². The summed E-state index contributed by atoms with van der Waals surface area (Å²) in [6.45, 7) is 7.55. The zero-order valence-corrected chi connectivity index (χ0v) is 27.6. The van der Waals surface area contributed by atoms with E-state index in [1.807, 2.05) is 0 Å². The quantitative estimate of drug-likeness (QED) is 0.123. The number of rotatable bonds is 25. The molecule has 0 radical (unpaired) electrons. The van der Waals surface area contributed by atoms with Gasteiger partial charge in [-0.05, 0) is 80.4 Å². The first-order valence-corrected chi connectivity index (χ1v) is 17.2. The monoisotopic (exact) mass is 625 g/mol. The molecule has 0 saturated heterocycles. The summed E-state index contributed by atoms with van der Waals surface area (Å²) in [6, 6.07) is 4.45. The highest BCUT2D eigenvalue weighted by Crippen LogP contribution is 2.26. The predicted molar refractivity (Wildman–Crippen MR) is 175 cm³/mol. The van der Waals surface area contributed by atoms with Gasteiger partial charge in [-0.1, -0.05) is 39.2 Å². The number of ketones is 1. The minimum absolute atomic E-state index is 0.0668. The molecule has 0 saturated carbocycles. The van der Waals surface area contributed by atoms with Crippen molar-refractivity contribution in [3.8, 4) is 0 Å². The van der Waals surface area contributed by atoms with Crippen molar-refractivity contribution in [2.24, 2.45) is 5.92 Å². The van der Waals surface area contributed by atoms with Crippen LogP contribution in [0.25, 0.3) is 0 Å². The normalized spacial score (nSPS) is 13.6. The van der Waals surface area contributed by atoms with Crippen LogP contribution in [0.3, 0.4) is 0 Å². The Balaban J connectivity index is 1.25. The van der Waals surface area contributed by atoms with Crippen LogP contribution in [0, 0.1) is 5.92 Å². The van der Waals surface area contributed by atoms with Crippen molar-refractivity contribution >= 4 is 11.8 Å². The number of carboxylic acids is 1. The third-order valence-electron chi connectivity index (χ3n) is 8.33. The highest BCUT2D eigenvalue weighted by atomic mass is 16.5. The lowest BCUT2D eigenvalue weighted by atomic mass is 9.92. The largest absolute Gasteiger partial charge is 0.481 e. The molecule has 0 amide bonds. The lowest BCUT2D eigenvalue weighted by Gasteiger charge is -2.16. The molecule has 2 aromatic heterocycles. The zero-order valence-electron chi connectivity index (χ0n) is 27.6. The third kappa shape index (κ3) is 15.9. The maximum absolute atomic E-state index is 12.3. The summed E-state index contributed by atoms with van der Waals surface area (Å²) in [6.07, 6.45) is 16.6. The fraction of sp³-hybridized carbons (Fsp3) is 0.694. The van der Waals surface area contributed by atoms with Gasteiger partial charge in [0.25, 0.3) is 0 Å². The molecule has 0 fully saturated rings. The van der Waals surface area contributed by atoms with Crippen LogP contribution in [-0.2, 0) is 49.5 Å². The lowest BCUT2D eigenvalue weighted by molar-refractivity contribution is -0.137. The van der Waals surface area contributed by atoms with Crippen LogP contribution in [0.15, 0.2) is 24.5 Å². The number of nitrogens with zero attached hydrogens (tertiary/aromatic N) is 3. The van der Waals surface area contributed by atoms with Crippen molar-refractivity contribution in [2.75, 3.05) is 39.6 Å². The highest BCUT2D eigenvalue weighted by molar-refractivity contribution is 5.78. The molecule has 1 aliphatic rings. The topological polar surface area (TPSA) is 121 Å². The molecule has 45 heavy (non-hydrogen) atoms. The Hall–Kier alpha value is -2.75. The van der Waals surface area contributed by atoms with Crippen LogP contribution >= 0.6 is 0 Å². The van der Waals surface area contributed by atoms with Crippen LogP contribution in [-0.4, -0.2) is 71.5 Å². The number of ether oxygens (including phenoxy) is 3. The molecule has 2 aromatic rings. The molecule has 1 aliphatic carbocycles. The Bertz CT molecular complexity index is 1120. The number of unbranched alkanes of at least 4 members (excludes halogenated alkanes) is 3. The van der Waals surface area contributed by atoms with Gasteiger partial charge in [-0.3, -0.25) is 14.6 Å². The molecular formula is C36H55N3O6. The SMILES string of the molecule is CC(C)CCOCCOCCOCCC(=O)CCc1ncc([C@@H](CCCCCCc2ccc3c(n2)CCCC3)CC(=O)O)cn1. The van der Waals surface area contributed by atoms with Crippen molar-refractivity contribution < 1.29 is 28.9 Å². The average molecular weight is 626 g/mol. The maximum Gasteiger partial charge on any atom is 0.303 e. The maximum atomic E-state index is 12.3. The zero-order chi connectivity index (χ0) is 32.1. The van der Waals surface area contributed by atoms with Crippen LogP contribution in [0.5, 0.6) is 0 Å². The molecule has 3 rings (SSSR count). The average Bonchev–Trinajstić information content (AvgIpc) is 3.03. The number of hydrogen-bond donors (Lipinski definition) is 1. The number of carbonyl (C=O) groups excluding carboxylic acids is 1. The number of aliphatic carboxylic acids is 1. The number of carbonyl (C=O) groups is 2. The number of pyridine rings is 1. The molecule has 0 bridgehead atoms. The Morgan fingerprint density at radius 2 is 1.49 bits per heavy atom. The van der Waals surface area contributed by atoms with Gasteiger partial charge < -0.3 is 19.3 Å². The van der Waals surface area contributed by atoms with Gasteiger partial charge in [-0.15, -0.1) is 0 Å². The van der Waals surface area contributed by atoms with E-state index in [4.69, 9.17) is 19.2 Å². The van der Waals surface area contributed by atoms with E-state index in [2.05, 4.69) is 35.9 Å². The van der Waals surface area contributed by atoms with Crippen molar-refractivity contribution in [1.82, 2.24) is 15.0 Å². The molecule has 1 N–H and O–H groups in total. The second-order valence-corrected chi connectivity index (χ2v) is 12.6. The lowest BCUT2D eigenvalue weighted by Crippen LogP contribution is -2.12. The van der Waals surface area contributed by atoms with Crippen LogP contribution < -0.4 is 0 Å². The molecule has 250 valence electrons. The minimum atomic E-state index is -0.812. The smallest absolute Gasteiger partial charge is 0.303 e. The molecule has 2 heterocycles. The van der Waals surface area contributed by atoms with Gasteiger partial charge in [0.1, 0.15) is 11.6 Å². The second kappa shape index (κ2) is 21.9. The number of aryl methyl sites for hydroxylation is 4. The van der Waals surface area contributed by atoms with E-state index in [9.17, 15) is 14.7 Å². The van der Waals surface area contributed by atoms with Crippen molar-refractivity contribution in [2.45, 2.75) is 116 Å². The van der Waals surface area contributed by atoms with Gasteiger partial charge in [0.2, 0.25) is 0 Å². The molecule has 0 spiro atoms. The number of hydrogen-bond acceptors (Lipinski definition) is 8. The first-order valence-electron chi connectivity index (χ1n) is 17.2. The van der Waals surface area contributed by atoms with E-state index < -0.39 is 5.97 Å². The van der Waals surface area contributed by atoms with E-state index in [1.54, 1.807) is 12.4 Å². The number of carboxylic acid groups (broad SMARTS) is 1.